The summed E-state index contributed by atoms with van der Waals surface area (Å²) in [6, 6.07) is 15.3. The molecule has 0 spiro atoms. The number of aliphatic hydroxyl groups is 1. The van der Waals surface area contributed by atoms with Gasteiger partial charge in [-0.15, -0.1) is 0 Å². The van der Waals surface area contributed by atoms with Gasteiger partial charge in [-0.05, 0) is 42.7 Å². The average molecular weight is 286 g/mol. The maximum Gasteiger partial charge on any atom is 0.119 e. The molecule has 0 saturated heterocycles. The Morgan fingerprint density at radius 1 is 1.00 bits per heavy atom. The third-order valence-corrected chi connectivity index (χ3v) is 3.22. The molecule has 3 nitrogen and oxygen atoms in total. The Kier molecular flexibility index (Phi) is 5.37. The number of aliphatic hydroxyl groups excluding tert-OH is 1. The molecule has 0 heterocycles. The summed E-state index contributed by atoms with van der Waals surface area (Å²) >= 11 is 0. The molecule has 2 aromatic carbocycles. The van der Waals surface area contributed by atoms with Crippen LogP contribution in [0.2, 0.25) is 0 Å². The predicted molar refractivity (Wildman–Crippen MR) is 83.4 cm³/mol. The number of ether oxygens (including phenoxy) is 2. The molecule has 2 aromatic rings. The fourth-order valence-electron chi connectivity index (χ4n) is 2.27. The Morgan fingerprint density at radius 2 is 1.67 bits per heavy atom. The Morgan fingerprint density at radius 3 is 2.29 bits per heavy atom. The Bertz CT molecular complexity index is 561. The fourth-order valence-corrected chi connectivity index (χ4v) is 2.27. The molecule has 0 bridgehead atoms. The van der Waals surface area contributed by atoms with E-state index in [4.69, 9.17) is 9.47 Å². The van der Waals surface area contributed by atoms with Crippen LogP contribution in [0.25, 0.3) is 0 Å². The van der Waals surface area contributed by atoms with Crippen molar-refractivity contribution in [1.29, 1.82) is 0 Å². The van der Waals surface area contributed by atoms with Gasteiger partial charge in [0.15, 0.2) is 0 Å². The summed E-state index contributed by atoms with van der Waals surface area (Å²) in [5.74, 6) is 0.811. The first-order valence-electron chi connectivity index (χ1n) is 7.13. The lowest BCUT2D eigenvalue weighted by Gasteiger charge is -2.16. The van der Waals surface area contributed by atoms with E-state index in [1.165, 1.54) is 0 Å². The van der Waals surface area contributed by atoms with Gasteiger partial charge < -0.3 is 14.6 Å². The van der Waals surface area contributed by atoms with E-state index in [2.05, 4.69) is 0 Å². The van der Waals surface area contributed by atoms with Gasteiger partial charge in [0.1, 0.15) is 11.9 Å². The second-order valence-corrected chi connectivity index (χ2v) is 5.27. The average Bonchev–Trinajstić information content (AvgIpc) is 2.48. The highest BCUT2D eigenvalue weighted by Gasteiger charge is 2.14. The highest BCUT2D eigenvalue weighted by Crippen LogP contribution is 2.27. The summed E-state index contributed by atoms with van der Waals surface area (Å²) in [4.78, 5) is 0. The molecule has 0 aliphatic heterocycles. The van der Waals surface area contributed by atoms with Gasteiger partial charge in [0, 0.05) is 7.11 Å². The monoisotopic (exact) mass is 286 g/mol. The highest BCUT2D eigenvalue weighted by molar-refractivity contribution is 5.37. The first-order valence-corrected chi connectivity index (χ1v) is 7.13. The van der Waals surface area contributed by atoms with Crippen molar-refractivity contribution in [1.82, 2.24) is 0 Å². The van der Waals surface area contributed by atoms with Crippen LogP contribution in [0.4, 0.5) is 0 Å². The summed E-state index contributed by atoms with van der Waals surface area (Å²) in [6.45, 7) is 4.47. The summed E-state index contributed by atoms with van der Waals surface area (Å²) < 4.78 is 10.8. The first-order chi connectivity index (χ1) is 10.1. The molecule has 1 unspecified atom stereocenters. The van der Waals surface area contributed by atoms with Crippen LogP contribution in [-0.4, -0.2) is 18.3 Å². The smallest absolute Gasteiger partial charge is 0.119 e. The molecule has 112 valence electrons. The summed E-state index contributed by atoms with van der Waals surface area (Å²) in [5, 5.41) is 10.6. The summed E-state index contributed by atoms with van der Waals surface area (Å²) in [7, 11) is 1.65. The Balaban J connectivity index is 2.21. The second-order valence-electron chi connectivity index (χ2n) is 5.27. The molecule has 0 aromatic heterocycles. The lowest BCUT2D eigenvalue weighted by molar-refractivity contribution is 0.176. The van der Waals surface area contributed by atoms with E-state index in [1.807, 2.05) is 62.4 Å². The van der Waals surface area contributed by atoms with E-state index in [0.717, 1.165) is 22.4 Å². The molecule has 21 heavy (non-hydrogen) atoms. The minimum atomic E-state index is -0.663. The van der Waals surface area contributed by atoms with Crippen molar-refractivity contribution in [3.8, 4) is 5.75 Å². The molecule has 0 radical (unpaired) electrons. The van der Waals surface area contributed by atoms with Crippen molar-refractivity contribution in [2.24, 2.45) is 0 Å². The van der Waals surface area contributed by atoms with Crippen LogP contribution in [0.3, 0.4) is 0 Å². The zero-order chi connectivity index (χ0) is 15.2. The van der Waals surface area contributed by atoms with Crippen LogP contribution in [-0.2, 0) is 11.3 Å². The fraction of sp³-hybridized carbons (Fsp3) is 0.333. The quantitative estimate of drug-likeness (QED) is 0.880. The Hall–Kier alpha value is -1.84. The van der Waals surface area contributed by atoms with Gasteiger partial charge in [-0.2, -0.15) is 0 Å². The van der Waals surface area contributed by atoms with Crippen molar-refractivity contribution in [2.45, 2.75) is 32.7 Å². The van der Waals surface area contributed by atoms with Crippen molar-refractivity contribution < 1.29 is 14.6 Å². The van der Waals surface area contributed by atoms with E-state index >= 15 is 0 Å². The van der Waals surface area contributed by atoms with Crippen molar-refractivity contribution >= 4 is 0 Å². The van der Waals surface area contributed by atoms with Gasteiger partial charge in [-0.1, -0.05) is 36.4 Å². The van der Waals surface area contributed by atoms with E-state index in [1.54, 1.807) is 7.11 Å². The first kappa shape index (κ1) is 15.5. The minimum absolute atomic E-state index is 0.142. The number of hydrogen-bond donors (Lipinski definition) is 1. The number of methoxy groups -OCH3 is 1. The normalized spacial score (nSPS) is 12.4. The maximum absolute atomic E-state index is 10.6. The predicted octanol–water partition coefficient (Wildman–Crippen LogP) is 3.70. The van der Waals surface area contributed by atoms with Crippen LogP contribution < -0.4 is 4.74 Å². The van der Waals surface area contributed by atoms with Crippen LogP contribution in [0, 0.1) is 0 Å². The SMILES string of the molecule is COCc1ccccc1C(O)c1ccc(OC(C)C)cc1. The van der Waals surface area contributed by atoms with Gasteiger partial charge in [0.2, 0.25) is 0 Å². The molecule has 0 amide bonds. The molecule has 0 aliphatic rings. The summed E-state index contributed by atoms with van der Waals surface area (Å²) in [6.07, 6.45) is -0.521. The zero-order valence-corrected chi connectivity index (χ0v) is 12.7. The third kappa shape index (κ3) is 4.06. The van der Waals surface area contributed by atoms with Gasteiger partial charge in [-0.3, -0.25) is 0 Å². The van der Waals surface area contributed by atoms with Gasteiger partial charge in [-0.25, -0.2) is 0 Å². The van der Waals surface area contributed by atoms with Crippen molar-refractivity contribution in [3.63, 3.8) is 0 Å². The topological polar surface area (TPSA) is 38.7 Å². The van der Waals surface area contributed by atoms with Crippen molar-refractivity contribution in [3.05, 3.63) is 65.2 Å². The van der Waals surface area contributed by atoms with Gasteiger partial charge in [0.05, 0.1) is 12.7 Å². The standard InChI is InChI=1S/C18H22O3/c1-13(2)21-16-10-8-14(9-11-16)18(19)17-7-5-4-6-15(17)12-20-3/h4-11,13,18-19H,12H2,1-3H3. The van der Waals surface area contributed by atoms with Gasteiger partial charge >= 0.3 is 0 Å². The largest absolute Gasteiger partial charge is 0.491 e. The third-order valence-electron chi connectivity index (χ3n) is 3.22. The molecule has 1 N–H and O–H groups in total. The second kappa shape index (κ2) is 7.25. The molecule has 2 rings (SSSR count). The molecular weight excluding hydrogens is 264 g/mol. The van der Waals surface area contributed by atoms with Crippen LogP contribution in [0.5, 0.6) is 5.75 Å². The Labute approximate surface area is 126 Å². The molecule has 0 aliphatic carbocycles. The lowest BCUT2D eigenvalue weighted by atomic mass is 9.97. The van der Waals surface area contributed by atoms with Gasteiger partial charge in [0.25, 0.3) is 0 Å². The molecule has 0 saturated carbocycles. The number of hydrogen-bond acceptors (Lipinski definition) is 3. The highest BCUT2D eigenvalue weighted by atomic mass is 16.5. The van der Waals surface area contributed by atoms with E-state index < -0.39 is 6.10 Å². The molecule has 3 heteroatoms. The minimum Gasteiger partial charge on any atom is -0.491 e. The van der Waals surface area contributed by atoms with Crippen LogP contribution in [0.15, 0.2) is 48.5 Å². The zero-order valence-electron chi connectivity index (χ0n) is 12.7. The van der Waals surface area contributed by atoms with Crippen LogP contribution >= 0.6 is 0 Å². The number of rotatable bonds is 6. The molecule has 0 fully saturated rings. The number of benzene rings is 2. The van der Waals surface area contributed by atoms with E-state index in [-0.39, 0.29) is 6.10 Å². The maximum atomic E-state index is 10.6. The lowest BCUT2D eigenvalue weighted by Crippen LogP contribution is -2.07. The van der Waals surface area contributed by atoms with Crippen molar-refractivity contribution in [2.75, 3.05) is 7.11 Å². The molecule has 1 atom stereocenters. The van der Waals surface area contributed by atoms with Crippen LogP contribution in [0.1, 0.15) is 36.6 Å². The van der Waals surface area contributed by atoms with E-state index in [9.17, 15) is 5.11 Å². The van der Waals surface area contributed by atoms with E-state index in [0.29, 0.717) is 6.61 Å². The summed E-state index contributed by atoms with van der Waals surface area (Å²) in [5.41, 5.74) is 2.71. The molecular formula is C18H22O3.